The largest absolute Gasteiger partial charge is 0.479 e. The second-order valence-corrected chi connectivity index (χ2v) is 1.79. The molecule has 0 aliphatic carbocycles. The highest BCUT2D eigenvalue weighted by Crippen LogP contribution is 1.90. The van der Waals surface area contributed by atoms with E-state index >= 15 is 0 Å². The average Bonchev–Trinajstić information content (AvgIpc) is 1.98. The van der Waals surface area contributed by atoms with Crippen LogP contribution in [0.25, 0.3) is 0 Å². The number of allylic oxidation sites excluding steroid dienone is 1. The average molecular weight is 161 g/mol. The van der Waals surface area contributed by atoms with E-state index in [2.05, 4.69) is 9.73 Å². The van der Waals surface area contributed by atoms with Crippen molar-refractivity contribution in [1.82, 2.24) is 0 Å². The molecule has 0 saturated carbocycles. The van der Waals surface area contributed by atoms with Gasteiger partial charge < -0.3 is 4.74 Å². The summed E-state index contributed by atoms with van der Waals surface area (Å²) in [7, 11) is 1.37. The zero-order valence-electron chi connectivity index (χ0n) is 5.89. The van der Waals surface area contributed by atoms with Crippen LogP contribution < -0.4 is 0 Å². The van der Waals surface area contributed by atoms with E-state index in [4.69, 9.17) is 17.0 Å². The molecule has 0 unspecified atom stereocenters. The predicted octanol–water partition coefficient (Wildman–Crippen LogP) is 1.78. The number of rotatable bonds is 2. The van der Waals surface area contributed by atoms with Crippen LogP contribution in [-0.4, -0.2) is 18.2 Å². The number of ether oxygens (including phenoxy) is 1. The lowest BCUT2D eigenvalue weighted by Crippen LogP contribution is -2.07. The third-order valence-electron chi connectivity index (χ3n) is 0.728. The Morgan fingerprint density at radius 1 is 1.70 bits per heavy atom. The molecular weight excluding hydrogens is 152 g/mol. The van der Waals surface area contributed by atoms with Gasteiger partial charge >= 0.3 is 0 Å². The lowest BCUT2D eigenvalue weighted by molar-refractivity contribution is 0.408. The maximum absolute atomic E-state index is 7.00. The molecule has 0 heterocycles. The van der Waals surface area contributed by atoms with Crippen molar-refractivity contribution < 1.29 is 4.74 Å². The summed E-state index contributed by atoms with van der Waals surface area (Å²) in [5, 5.41) is 7.06. The van der Waals surface area contributed by atoms with Crippen molar-refractivity contribution in [3.63, 3.8) is 0 Å². The van der Waals surface area contributed by atoms with Gasteiger partial charge in [-0.15, -0.1) is 0 Å². The van der Waals surface area contributed by atoms with Crippen molar-refractivity contribution in [3.05, 3.63) is 12.3 Å². The minimum absolute atomic E-state index is 0.0561. The Morgan fingerprint density at radius 2 is 2.30 bits per heavy atom. The number of halogens is 1. The predicted molar refractivity (Wildman–Crippen MR) is 42.8 cm³/mol. The summed E-state index contributed by atoms with van der Waals surface area (Å²) in [4.78, 5) is 3.67. The fraction of sp³-hybridized carbons (Fsp3) is 0.333. The van der Waals surface area contributed by atoms with Crippen molar-refractivity contribution in [2.45, 2.75) is 6.92 Å². The van der Waals surface area contributed by atoms with Crippen molar-refractivity contribution >= 4 is 22.7 Å². The van der Waals surface area contributed by atoms with Crippen LogP contribution >= 0.6 is 11.6 Å². The topological polar surface area (TPSA) is 45.4 Å². The number of hydrogen-bond donors (Lipinski definition) is 1. The highest BCUT2D eigenvalue weighted by molar-refractivity contribution is 6.82. The van der Waals surface area contributed by atoms with E-state index in [1.807, 2.05) is 6.92 Å². The molecule has 0 fully saturated rings. The second kappa shape index (κ2) is 4.99. The van der Waals surface area contributed by atoms with Crippen molar-refractivity contribution in [3.8, 4) is 0 Å². The second-order valence-electron chi connectivity index (χ2n) is 1.44. The molecule has 0 aromatic heterocycles. The summed E-state index contributed by atoms with van der Waals surface area (Å²) in [6.45, 7) is 1.81. The lowest BCUT2D eigenvalue weighted by Gasteiger charge is -1.95. The first-order chi connectivity index (χ1) is 4.72. The first-order valence-electron chi connectivity index (χ1n) is 2.69. The van der Waals surface area contributed by atoms with Gasteiger partial charge in [-0.2, -0.15) is 0 Å². The zero-order valence-corrected chi connectivity index (χ0v) is 6.64. The van der Waals surface area contributed by atoms with Crippen LogP contribution in [0.4, 0.5) is 0 Å². The third kappa shape index (κ3) is 3.25. The maximum Gasteiger partial charge on any atom is 0.244 e. The van der Waals surface area contributed by atoms with Gasteiger partial charge in [-0.1, -0.05) is 17.7 Å². The summed E-state index contributed by atoms with van der Waals surface area (Å²) >= 11 is 5.46. The number of aliphatic imine (C=N–C) groups is 1. The first-order valence-corrected chi connectivity index (χ1v) is 3.07. The summed E-state index contributed by atoms with van der Waals surface area (Å²) in [5.74, 6) is -0.125. The van der Waals surface area contributed by atoms with Gasteiger partial charge in [-0.3, -0.25) is 5.41 Å². The van der Waals surface area contributed by atoms with E-state index in [9.17, 15) is 0 Å². The standard InChI is InChI=1S/C6H9ClN2O/c1-3-4-9-5(7)6(8)10-2/h3-4,8H,1-2H3/b4-3-,8-6?,9-5+. The first kappa shape index (κ1) is 9.17. The van der Waals surface area contributed by atoms with Crippen LogP contribution in [0.15, 0.2) is 17.3 Å². The van der Waals surface area contributed by atoms with E-state index in [0.29, 0.717) is 0 Å². The van der Waals surface area contributed by atoms with E-state index in [1.165, 1.54) is 13.3 Å². The maximum atomic E-state index is 7.00. The lowest BCUT2D eigenvalue weighted by atomic mass is 10.7. The number of nitrogens with zero attached hydrogens (tertiary/aromatic N) is 1. The fourth-order valence-electron chi connectivity index (χ4n) is 0.283. The molecule has 10 heavy (non-hydrogen) atoms. The SMILES string of the molecule is C/C=C\N=C(\Cl)C(=N)OC. The molecule has 0 radical (unpaired) electrons. The normalized spacial score (nSPS) is 12.1. The highest BCUT2D eigenvalue weighted by atomic mass is 35.5. The Morgan fingerprint density at radius 3 is 2.70 bits per heavy atom. The summed E-state index contributed by atoms with van der Waals surface area (Å²) in [6.07, 6.45) is 3.21. The monoisotopic (exact) mass is 160 g/mol. The van der Waals surface area contributed by atoms with Gasteiger partial charge in [-0.25, -0.2) is 4.99 Å². The molecule has 4 heteroatoms. The van der Waals surface area contributed by atoms with Gasteiger partial charge in [0.25, 0.3) is 0 Å². The van der Waals surface area contributed by atoms with Crippen LogP contribution in [0.2, 0.25) is 0 Å². The van der Waals surface area contributed by atoms with Crippen molar-refractivity contribution in [2.24, 2.45) is 4.99 Å². The van der Waals surface area contributed by atoms with Gasteiger partial charge in [0.15, 0.2) is 5.17 Å². The van der Waals surface area contributed by atoms with Gasteiger partial charge in [-0.05, 0) is 6.92 Å². The molecule has 0 amide bonds. The summed E-state index contributed by atoms with van der Waals surface area (Å²) < 4.78 is 4.50. The molecule has 0 aliphatic heterocycles. The summed E-state index contributed by atoms with van der Waals surface area (Å²) in [6, 6.07) is 0. The van der Waals surface area contributed by atoms with Crippen LogP contribution in [0, 0.1) is 5.41 Å². The number of methoxy groups -OCH3 is 1. The quantitative estimate of drug-likeness (QED) is 0.486. The molecule has 0 saturated heterocycles. The molecule has 56 valence electrons. The number of hydrogen-bond acceptors (Lipinski definition) is 3. The van der Waals surface area contributed by atoms with Crippen LogP contribution in [0.1, 0.15) is 6.92 Å². The molecule has 0 bridgehead atoms. The molecule has 3 nitrogen and oxygen atoms in total. The van der Waals surface area contributed by atoms with E-state index in [1.54, 1.807) is 6.08 Å². The van der Waals surface area contributed by atoms with Gasteiger partial charge in [0.05, 0.1) is 7.11 Å². The third-order valence-corrected chi connectivity index (χ3v) is 0.998. The molecular formula is C6H9ClN2O. The van der Waals surface area contributed by atoms with E-state index in [0.717, 1.165) is 0 Å². The summed E-state index contributed by atoms with van der Waals surface area (Å²) in [5.41, 5.74) is 0. The minimum Gasteiger partial charge on any atom is -0.479 e. The van der Waals surface area contributed by atoms with Crippen LogP contribution in [-0.2, 0) is 4.74 Å². The minimum atomic E-state index is -0.125. The molecule has 0 aliphatic rings. The molecule has 0 spiro atoms. The van der Waals surface area contributed by atoms with Gasteiger partial charge in [0.1, 0.15) is 0 Å². The molecule has 0 aromatic rings. The van der Waals surface area contributed by atoms with Gasteiger partial charge in [0.2, 0.25) is 5.90 Å². The van der Waals surface area contributed by atoms with Gasteiger partial charge in [0, 0.05) is 6.20 Å². The Labute approximate surface area is 64.9 Å². The smallest absolute Gasteiger partial charge is 0.244 e. The molecule has 1 N–H and O–H groups in total. The zero-order chi connectivity index (χ0) is 7.98. The number of nitrogens with one attached hydrogen (secondary N) is 1. The van der Waals surface area contributed by atoms with Crippen LogP contribution in [0.5, 0.6) is 0 Å². The Bertz CT molecular complexity index is 175. The Balaban J connectivity index is 4.05. The van der Waals surface area contributed by atoms with Crippen molar-refractivity contribution in [2.75, 3.05) is 7.11 Å². The Kier molecular flexibility index (Phi) is 4.58. The van der Waals surface area contributed by atoms with E-state index < -0.39 is 0 Å². The molecule has 0 atom stereocenters. The Hall–Kier alpha value is -0.830. The van der Waals surface area contributed by atoms with Crippen LogP contribution in [0.3, 0.4) is 0 Å². The van der Waals surface area contributed by atoms with E-state index in [-0.39, 0.29) is 11.1 Å². The fourth-order valence-corrected chi connectivity index (χ4v) is 0.416. The molecule has 0 rings (SSSR count). The highest BCUT2D eigenvalue weighted by Gasteiger charge is 1.99. The van der Waals surface area contributed by atoms with Crippen molar-refractivity contribution in [1.29, 1.82) is 5.41 Å². The molecule has 0 aromatic carbocycles.